The van der Waals surface area contributed by atoms with Gasteiger partial charge in [0.15, 0.2) is 17.3 Å². The van der Waals surface area contributed by atoms with E-state index in [0.29, 0.717) is 0 Å². The molecule has 3 N–H and O–H groups in total. The number of nitrogens with zero attached hydrogens (tertiary/aromatic N) is 1. The van der Waals surface area contributed by atoms with Crippen LogP contribution < -0.4 is 11.1 Å². The van der Waals surface area contributed by atoms with Gasteiger partial charge in [-0.2, -0.15) is 0 Å². The van der Waals surface area contributed by atoms with Crippen LogP contribution in [0.2, 0.25) is 0 Å². The van der Waals surface area contributed by atoms with Gasteiger partial charge in [-0.1, -0.05) is 0 Å². The molecule has 0 bridgehead atoms. The van der Waals surface area contributed by atoms with E-state index in [-0.39, 0.29) is 6.54 Å². The summed E-state index contributed by atoms with van der Waals surface area (Å²) >= 11 is 0. The van der Waals surface area contributed by atoms with Gasteiger partial charge < -0.3 is 11.1 Å². The molecule has 18 heavy (non-hydrogen) atoms. The van der Waals surface area contributed by atoms with Crippen molar-refractivity contribution in [1.82, 2.24) is 0 Å². The fraction of sp³-hybridized carbons (Fsp3) is 0.455. The maximum Gasteiger partial charge on any atom is 0.295 e. The summed E-state index contributed by atoms with van der Waals surface area (Å²) in [5, 5.41) is 13.3. The first-order chi connectivity index (χ1) is 8.43. The summed E-state index contributed by atoms with van der Waals surface area (Å²) in [6, 6.07) is 1.67. The zero-order chi connectivity index (χ0) is 13.3. The van der Waals surface area contributed by atoms with Crippen LogP contribution in [-0.4, -0.2) is 17.0 Å². The summed E-state index contributed by atoms with van der Waals surface area (Å²) in [6.07, 6.45) is 2.52. The Hall–Kier alpha value is -1.76. The van der Waals surface area contributed by atoms with Gasteiger partial charge in [-0.25, -0.2) is 8.78 Å². The Morgan fingerprint density at radius 3 is 2.61 bits per heavy atom. The van der Waals surface area contributed by atoms with E-state index in [2.05, 4.69) is 5.32 Å². The van der Waals surface area contributed by atoms with Crippen LogP contribution in [0.25, 0.3) is 0 Å². The standard InChI is InChI=1S/C11H13F2N3O2/c12-7-2-3-8(16(17)18)10(9(7)13)15-6-11(14)4-1-5-11/h2-3,15H,1,4-6,14H2. The van der Waals surface area contributed by atoms with Gasteiger partial charge in [0, 0.05) is 18.2 Å². The number of rotatable bonds is 4. The Kier molecular flexibility index (Phi) is 3.16. The largest absolute Gasteiger partial charge is 0.375 e. The molecule has 0 unspecified atom stereocenters. The molecule has 0 heterocycles. The van der Waals surface area contributed by atoms with Crippen molar-refractivity contribution < 1.29 is 13.7 Å². The maximum absolute atomic E-state index is 13.5. The van der Waals surface area contributed by atoms with Crippen molar-refractivity contribution in [3.63, 3.8) is 0 Å². The van der Waals surface area contributed by atoms with Gasteiger partial charge >= 0.3 is 0 Å². The zero-order valence-electron chi connectivity index (χ0n) is 9.58. The molecule has 5 nitrogen and oxygen atoms in total. The minimum atomic E-state index is -1.24. The lowest BCUT2D eigenvalue weighted by molar-refractivity contribution is -0.384. The molecule has 0 aromatic heterocycles. The fourth-order valence-corrected chi connectivity index (χ4v) is 1.93. The van der Waals surface area contributed by atoms with E-state index in [4.69, 9.17) is 5.73 Å². The number of nitro benzene ring substituents is 1. The molecule has 1 aliphatic carbocycles. The van der Waals surface area contributed by atoms with Crippen LogP contribution in [0.4, 0.5) is 20.2 Å². The van der Waals surface area contributed by atoms with Crippen LogP contribution in [0.3, 0.4) is 0 Å². The number of nitro groups is 1. The van der Waals surface area contributed by atoms with E-state index in [0.717, 1.165) is 31.4 Å². The molecule has 1 saturated carbocycles. The predicted molar refractivity (Wildman–Crippen MR) is 62.3 cm³/mol. The van der Waals surface area contributed by atoms with E-state index in [1.807, 2.05) is 0 Å². The highest BCUT2D eigenvalue weighted by Crippen LogP contribution is 2.33. The minimum absolute atomic E-state index is 0.189. The molecule has 1 aromatic carbocycles. The molecule has 1 aromatic rings. The molecule has 2 rings (SSSR count). The number of hydrogen-bond donors (Lipinski definition) is 2. The number of nitrogens with one attached hydrogen (secondary N) is 1. The molecule has 98 valence electrons. The molecule has 0 radical (unpaired) electrons. The molecule has 1 fully saturated rings. The van der Waals surface area contributed by atoms with Crippen LogP contribution >= 0.6 is 0 Å². The lowest BCUT2D eigenvalue weighted by atomic mass is 9.78. The molecule has 0 amide bonds. The van der Waals surface area contributed by atoms with Crippen molar-refractivity contribution in [3.8, 4) is 0 Å². The van der Waals surface area contributed by atoms with E-state index in [1.165, 1.54) is 0 Å². The first-order valence-electron chi connectivity index (χ1n) is 5.58. The van der Waals surface area contributed by atoms with E-state index >= 15 is 0 Å². The first kappa shape index (κ1) is 12.7. The SMILES string of the molecule is NC1(CNc2c([N+](=O)[O-])ccc(F)c2F)CCC1. The van der Waals surface area contributed by atoms with Crippen molar-refractivity contribution in [2.45, 2.75) is 24.8 Å². The molecule has 0 atom stereocenters. The first-order valence-corrected chi connectivity index (χ1v) is 5.58. The second kappa shape index (κ2) is 4.49. The smallest absolute Gasteiger partial charge is 0.295 e. The number of hydrogen-bond acceptors (Lipinski definition) is 4. The van der Waals surface area contributed by atoms with Gasteiger partial charge in [0.1, 0.15) is 0 Å². The maximum atomic E-state index is 13.5. The number of nitrogens with two attached hydrogens (primary N) is 1. The highest BCUT2D eigenvalue weighted by atomic mass is 19.2. The average molecular weight is 257 g/mol. The fourth-order valence-electron chi connectivity index (χ4n) is 1.93. The van der Waals surface area contributed by atoms with Crippen molar-refractivity contribution >= 4 is 11.4 Å². The second-order valence-electron chi connectivity index (χ2n) is 4.58. The van der Waals surface area contributed by atoms with Gasteiger partial charge in [-0.05, 0) is 25.3 Å². The highest BCUT2D eigenvalue weighted by Gasteiger charge is 2.33. The normalized spacial score (nSPS) is 17.1. The Labute approximate surface area is 102 Å². The Bertz CT molecular complexity index is 489. The van der Waals surface area contributed by atoms with Gasteiger partial charge in [-0.15, -0.1) is 0 Å². The van der Waals surface area contributed by atoms with Crippen molar-refractivity contribution in [2.75, 3.05) is 11.9 Å². The lowest BCUT2D eigenvalue weighted by Crippen LogP contribution is -2.52. The number of benzene rings is 1. The Balaban J connectivity index is 2.24. The molecular weight excluding hydrogens is 244 g/mol. The Morgan fingerprint density at radius 1 is 1.44 bits per heavy atom. The third kappa shape index (κ3) is 2.26. The summed E-state index contributed by atoms with van der Waals surface area (Å²) in [4.78, 5) is 9.98. The van der Waals surface area contributed by atoms with E-state index < -0.39 is 33.5 Å². The van der Waals surface area contributed by atoms with Crippen molar-refractivity contribution in [3.05, 3.63) is 33.9 Å². The molecule has 0 aliphatic heterocycles. The summed E-state index contributed by atoms with van der Waals surface area (Å²) in [6.45, 7) is 0.189. The van der Waals surface area contributed by atoms with E-state index in [9.17, 15) is 18.9 Å². The monoisotopic (exact) mass is 257 g/mol. The lowest BCUT2D eigenvalue weighted by Gasteiger charge is -2.38. The van der Waals surface area contributed by atoms with Crippen LogP contribution in [-0.2, 0) is 0 Å². The Morgan fingerprint density at radius 2 is 2.11 bits per heavy atom. The number of anilines is 1. The quantitative estimate of drug-likeness (QED) is 0.639. The van der Waals surface area contributed by atoms with Crippen LogP contribution in [0.5, 0.6) is 0 Å². The van der Waals surface area contributed by atoms with Crippen LogP contribution in [0, 0.1) is 21.7 Å². The van der Waals surface area contributed by atoms with Gasteiger partial charge in [0.2, 0.25) is 0 Å². The van der Waals surface area contributed by atoms with Crippen molar-refractivity contribution in [1.29, 1.82) is 0 Å². The summed E-state index contributed by atoms with van der Waals surface area (Å²) in [7, 11) is 0. The van der Waals surface area contributed by atoms with Gasteiger partial charge in [0.25, 0.3) is 5.69 Å². The molecule has 7 heteroatoms. The summed E-state index contributed by atoms with van der Waals surface area (Å²) in [5.41, 5.74) is 4.51. The van der Waals surface area contributed by atoms with Crippen molar-refractivity contribution in [2.24, 2.45) is 5.73 Å². The predicted octanol–water partition coefficient (Wildman–Crippen LogP) is 2.17. The molecule has 0 spiro atoms. The zero-order valence-corrected chi connectivity index (χ0v) is 9.58. The molecule has 1 aliphatic rings. The van der Waals surface area contributed by atoms with Gasteiger partial charge in [0.05, 0.1) is 4.92 Å². The average Bonchev–Trinajstić information content (AvgIpc) is 2.28. The third-order valence-electron chi connectivity index (χ3n) is 3.24. The number of halogens is 2. The highest BCUT2D eigenvalue weighted by molar-refractivity contribution is 5.62. The topological polar surface area (TPSA) is 81.2 Å². The van der Waals surface area contributed by atoms with Crippen LogP contribution in [0.15, 0.2) is 12.1 Å². The molecular formula is C11H13F2N3O2. The second-order valence-corrected chi connectivity index (χ2v) is 4.58. The summed E-state index contributed by atoms with van der Waals surface area (Å²) < 4.78 is 26.6. The van der Waals surface area contributed by atoms with E-state index in [1.54, 1.807) is 0 Å². The third-order valence-corrected chi connectivity index (χ3v) is 3.24. The minimum Gasteiger partial charge on any atom is -0.375 e. The van der Waals surface area contributed by atoms with Crippen LogP contribution in [0.1, 0.15) is 19.3 Å². The molecule has 0 saturated heterocycles. The summed E-state index contributed by atoms with van der Waals surface area (Å²) in [5.74, 6) is -2.37. The van der Waals surface area contributed by atoms with Gasteiger partial charge in [-0.3, -0.25) is 10.1 Å².